The van der Waals surface area contributed by atoms with Gasteiger partial charge in [0.15, 0.2) is 5.82 Å². The molecule has 0 aliphatic carbocycles. The normalized spacial score (nSPS) is 17.0. The van der Waals surface area contributed by atoms with Crippen LogP contribution in [0.25, 0.3) is 0 Å². The molecule has 0 aromatic carbocycles. The molecule has 1 fully saturated rings. The summed E-state index contributed by atoms with van der Waals surface area (Å²) in [5, 5.41) is 15.4. The van der Waals surface area contributed by atoms with Gasteiger partial charge in [0.2, 0.25) is 0 Å². The Kier molecular flexibility index (Phi) is 2.00. The van der Waals surface area contributed by atoms with E-state index in [1.54, 1.807) is 6.33 Å². The zero-order valence-electron chi connectivity index (χ0n) is 7.69. The van der Waals surface area contributed by atoms with Crippen molar-refractivity contribution >= 4 is 5.84 Å². The van der Waals surface area contributed by atoms with Gasteiger partial charge in [-0.2, -0.15) is 0 Å². The molecule has 0 spiro atoms. The summed E-state index contributed by atoms with van der Waals surface area (Å²) >= 11 is 0. The SMILES string of the molecule is Cn1cnnc1CN1CCCC1=N. The molecule has 0 atom stereocenters. The zero-order chi connectivity index (χ0) is 9.26. The molecule has 1 saturated heterocycles. The van der Waals surface area contributed by atoms with Crippen molar-refractivity contribution in [3.63, 3.8) is 0 Å². The zero-order valence-corrected chi connectivity index (χ0v) is 7.69. The van der Waals surface area contributed by atoms with Crippen molar-refractivity contribution in [2.45, 2.75) is 19.4 Å². The third-order valence-corrected chi connectivity index (χ3v) is 2.36. The quantitative estimate of drug-likeness (QED) is 0.714. The highest BCUT2D eigenvalue weighted by molar-refractivity contribution is 5.80. The molecule has 5 heteroatoms. The van der Waals surface area contributed by atoms with E-state index in [1.807, 2.05) is 16.5 Å². The first-order valence-electron chi connectivity index (χ1n) is 4.42. The van der Waals surface area contributed by atoms with Gasteiger partial charge in [0.05, 0.1) is 12.4 Å². The van der Waals surface area contributed by atoms with E-state index in [1.165, 1.54) is 0 Å². The summed E-state index contributed by atoms with van der Waals surface area (Å²) in [6.45, 7) is 1.70. The van der Waals surface area contributed by atoms with Crippen molar-refractivity contribution in [3.05, 3.63) is 12.2 Å². The van der Waals surface area contributed by atoms with E-state index in [-0.39, 0.29) is 0 Å². The Morgan fingerprint density at radius 2 is 2.46 bits per heavy atom. The first kappa shape index (κ1) is 8.22. The van der Waals surface area contributed by atoms with E-state index in [0.29, 0.717) is 0 Å². The van der Waals surface area contributed by atoms with Crippen molar-refractivity contribution in [3.8, 4) is 0 Å². The van der Waals surface area contributed by atoms with Crippen molar-refractivity contribution in [1.82, 2.24) is 19.7 Å². The molecule has 0 radical (unpaired) electrons. The highest BCUT2D eigenvalue weighted by atomic mass is 15.3. The van der Waals surface area contributed by atoms with Crippen LogP contribution in [0.4, 0.5) is 0 Å². The second-order valence-electron chi connectivity index (χ2n) is 3.33. The standard InChI is InChI=1S/C8H13N5/c1-12-6-10-11-8(12)5-13-4-2-3-7(13)9/h6,9H,2-5H2,1H3. The fourth-order valence-electron chi connectivity index (χ4n) is 1.53. The molecule has 70 valence electrons. The van der Waals surface area contributed by atoms with Crippen LogP contribution in [0.5, 0.6) is 0 Å². The van der Waals surface area contributed by atoms with Crippen LogP contribution in [0.2, 0.25) is 0 Å². The molecule has 2 rings (SSSR count). The van der Waals surface area contributed by atoms with Crippen molar-refractivity contribution in [2.24, 2.45) is 7.05 Å². The van der Waals surface area contributed by atoms with Crippen LogP contribution in [0.1, 0.15) is 18.7 Å². The van der Waals surface area contributed by atoms with Crippen molar-refractivity contribution < 1.29 is 0 Å². The minimum atomic E-state index is 0.718. The Morgan fingerprint density at radius 1 is 1.62 bits per heavy atom. The lowest BCUT2D eigenvalue weighted by Crippen LogP contribution is -2.24. The van der Waals surface area contributed by atoms with Gasteiger partial charge in [0.1, 0.15) is 6.33 Å². The first-order chi connectivity index (χ1) is 6.27. The number of aryl methyl sites for hydroxylation is 1. The molecule has 1 aromatic heterocycles. The van der Waals surface area contributed by atoms with Crippen LogP contribution in [0, 0.1) is 5.41 Å². The maximum Gasteiger partial charge on any atom is 0.152 e. The van der Waals surface area contributed by atoms with Crippen LogP contribution in [0.15, 0.2) is 6.33 Å². The lowest BCUT2D eigenvalue weighted by atomic mass is 10.4. The van der Waals surface area contributed by atoms with Gasteiger partial charge >= 0.3 is 0 Å². The summed E-state index contributed by atoms with van der Waals surface area (Å²) in [5.74, 6) is 1.65. The predicted octanol–water partition coefficient (Wildman–Crippen LogP) is 0.388. The van der Waals surface area contributed by atoms with E-state index in [2.05, 4.69) is 10.2 Å². The van der Waals surface area contributed by atoms with Gasteiger partial charge < -0.3 is 9.47 Å². The Morgan fingerprint density at radius 3 is 3.00 bits per heavy atom. The van der Waals surface area contributed by atoms with Gasteiger partial charge in [-0.25, -0.2) is 0 Å². The number of hydrogen-bond acceptors (Lipinski definition) is 3. The van der Waals surface area contributed by atoms with Gasteiger partial charge in [-0.3, -0.25) is 5.41 Å². The third-order valence-electron chi connectivity index (χ3n) is 2.36. The average molecular weight is 179 g/mol. The summed E-state index contributed by atoms with van der Waals surface area (Å²) in [6.07, 6.45) is 3.68. The molecule has 0 bridgehead atoms. The summed E-state index contributed by atoms with van der Waals surface area (Å²) in [6, 6.07) is 0. The topological polar surface area (TPSA) is 57.8 Å². The lowest BCUT2D eigenvalue weighted by molar-refractivity contribution is 0.425. The third kappa shape index (κ3) is 1.54. The summed E-state index contributed by atoms with van der Waals surface area (Å²) in [5.41, 5.74) is 0. The molecule has 5 nitrogen and oxygen atoms in total. The molecule has 1 aromatic rings. The summed E-state index contributed by atoms with van der Waals surface area (Å²) < 4.78 is 1.89. The highest BCUT2D eigenvalue weighted by Crippen LogP contribution is 2.12. The molecule has 13 heavy (non-hydrogen) atoms. The second kappa shape index (κ2) is 3.16. The Labute approximate surface area is 76.9 Å². The minimum absolute atomic E-state index is 0.718. The smallest absolute Gasteiger partial charge is 0.152 e. The molecule has 0 unspecified atom stereocenters. The monoisotopic (exact) mass is 179 g/mol. The average Bonchev–Trinajstić information content (AvgIpc) is 2.65. The van der Waals surface area contributed by atoms with Crippen molar-refractivity contribution in [1.29, 1.82) is 5.41 Å². The van der Waals surface area contributed by atoms with E-state index >= 15 is 0 Å². The number of hydrogen-bond donors (Lipinski definition) is 1. The van der Waals surface area contributed by atoms with Gasteiger partial charge in [0, 0.05) is 20.0 Å². The molecule has 1 N–H and O–H groups in total. The summed E-state index contributed by atoms with van der Waals surface area (Å²) in [4.78, 5) is 2.05. The largest absolute Gasteiger partial charge is 0.353 e. The molecular formula is C8H13N5. The molecule has 2 heterocycles. The van der Waals surface area contributed by atoms with Gasteiger partial charge in [-0.15, -0.1) is 10.2 Å². The van der Waals surface area contributed by atoms with Crippen LogP contribution < -0.4 is 0 Å². The summed E-state index contributed by atoms with van der Waals surface area (Å²) in [7, 11) is 1.93. The van der Waals surface area contributed by atoms with Crippen molar-refractivity contribution in [2.75, 3.05) is 6.54 Å². The van der Waals surface area contributed by atoms with Crippen LogP contribution in [-0.2, 0) is 13.6 Å². The van der Waals surface area contributed by atoms with E-state index in [9.17, 15) is 0 Å². The van der Waals surface area contributed by atoms with E-state index < -0.39 is 0 Å². The highest BCUT2D eigenvalue weighted by Gasteiger charge is 2.18. The fourth-order valence-corrected chi connectivity index (χ4v) is 1.53. The lowest BCUT2D eigenvalue weighted by Gasteiger charge is -2.16. The first-order valence-corrected chi connectivity index (χ1v) is 4.42. The predicted molar refractivity (Wildman–Crippen MR) is 48.4 cm³/mol. The number of nitrogens with zero attached hydrogens (tertiary/aromatic N) is 4. The van der Waals surface area contributed by atoms with Gasteiger partial charge in [0.25, 0.3) is 0 Å². The van der Waals surface area contributed by atoms with Gasteiger partial charge in [-0.05, 0) is 6.42 Å². The Balaban J connectivity index is 2.06. The van der Waals surface area contributed by atoms with Crippen LogP contribution in [0.3, 0.4) is 0 Å². The Bertz CT molecular complexity index is 316. The number of nitrogens with one attached hydrogen (secondary N) is 1. The van der Waals surface area contributed by atoms with Crippen LogP contribution >= 0.6 is 0 Å². The fraction of sp³-hybridized carbons (Fsp3) is 0.625. The second-order valence-corrected chi connectivity index (χ2v) is 3.33. The van der Waals surface area contributed by atoms with Gasteiger partial charge in [-0.1, -0.05) is 0 Å². The molecule has 0 saturated carbocycles. The molecule has 1 aliphatic rings. The number of likely N-dealkylation sites (tertiary alicyclic amines) is 1. The van der Waals surface area contributed by atoms with E-state index in [4.69, 9.17) is 5.41 Å². The number of aromatic nitrogens is 3. The van der Waals surface area contributed by atoms with Crippen LogP contribution in [-0.4, -0.2) is 32.0 Å². The number of amidine groups is 1. The molecular weight excluding hydrogens is 166 g/mol. The maximum atomic E-state index is 7.65. The molecule has 0 amide bonds. The molecule has 1 aliphatic heterocycles. The Hall–Kier alpha value is -1.39. The minimum Gasteiger partial charge on any atom is -0.353 e. The van der Waals surface area contributed by atoms with E-state index in [0.717, 1.165) is 37.6 Å². The maximum absolute atomic E-state index is 7.65. The number of rotatable bonds is 2.